The van der Waals surface area contributed by atoms with Crippen molar-refractivity contribution in [2.24, 2.45) is 0 Å². The van der Waals surface area contributed by atoms with E-state index in [2.05, 4.69) is 33.8 Å². The fourth-order valence-electron chi connectivity index (χ4n) is 2.43. The Bertz CT molecular complexity index is 589. The van der Waals surface area contributed by atoms with Gasteiger partial charge in [-0.15, -0.1) is 11.3 Å². The lowest BCUT2D eigenvalue weighted by Gasteiger charge is -2.22. The summed E-state index contributed by atoms with van der Waals surface area (Å²) in [6.07, 6.45) is 1.86. The zero-order valence-corrected chi connectivity index (χ0v) is 12.8. The first-order valence-electron chi connectivity index (χ1n) is 6.87. The van der Waals surface area contributed by atoms with Crippen LogP contribution in [0.3, 0.4) is 0 Å². The third kappa shape index (κ3) is 2.17. The monoisotopic (exact) mass is 293 g/mol. The van der Waals surface area contributed by atoms with Gasteiger partial charge in [0.25, 0.3) is 0 Å². The molecule has 2 unspecified atom stereocenters. The van der Waals surface area contributed by atoms with Crippen molar-refractivity contribution in [1.82, 2.24) is 15.5 Å². The summed E-state index contributed by atoms with van der Waals surface area (Å²) < 4.78 is 11.0. The number of thiophene rings is 1. The lowest BCUT2D eigenvalue weighted by Crippen LogP contribution is -2.30. The van der Waals surface area contributed by atoms with Gasteiger partial charge in [0.05, 0.1) is 0 Å². The topological polar surface area (TPSA) is 60.2 Å². The van der Waals surface area contributed by atoms with Crippen LogP contribution in [-0.4, -0.2) is 23.8 Å². The number of hydrogen-bond donors (Lipinski definition) is 1. The molecule has 2 aromatic heterocycles. The number of methoxy groups -OCH3 is 1. The molecule has 0 amide bonds. The van der Waals surface area contributed by atoms with Gasteiger partial charge in [-0.05, 0) is 36.8 Å². The Hall–Kier alpha value is -1.24. The van der Waals surface area contributed by atoms with Crippen molar-refractivity contribution in [3.8, 4) is 0 Å². The first-order valence-corrected chi connectivity index (χ1v) is 7.75. The van der Waals surface area contributed by atoms with E-state index in [-0.39, 0.29) is 6.04 Å². The van der Waals surface area contributed by atoms with E-state index in [4.69, 9.17) is 9.26 Å². The third-order valence-electron chi connectivity index (χ3n) is 4.08. The number of hydrogen-bond acceptors (Lipinski definition) is 6. The Balaban J connectivity index is 1.93. The molecular weight excluding hydrogens is 274 g/mol. The first-order chi connectivity index (χ1) is 9.68. The second-order valence-electron chi connectivity index (χ2n) is 5.18. The van der Waals surface area contributed by atoms with E-state index in [9.17, 15) is 0 Å². The number of aromatic nitrogens is 2. The highest BCUT2D eigenvalue weighted by atomic mass is 32.1. The molecule has 2 atom stereocenters. The quantitative estimate of drug-likeness (QED) is 0.939. The summed E-state index contributed by atoms with van der Waals surface area (Å²) in [4.78, 5) is 5.97. The first kappa shape index (κ1) is 13.7. The normalized spacial score (nSPS) is 21.4. The molecule has 0 spiro atoms. The number of rotatable bonds is 4. The van der Waals surface area contributed by atoms with Crippen molar-refractivity contribution in [2.45, 2.75) is 38.3 Å². The van der Waals surface area contributed by atoms with Gasteiger partial charge >= 0.3 is 0 Å². The average molecular weight is 293 g/mol. The molecule has 3 rings (SSSR count). The Morgan fingerprint density at radius 3 is 3.20 bits per heavy atom. The highest BCUT2D eigenvalue weighted by Crippen LogP contribution is 2.33. The van der Waals surface area contributed by atoms with Crippen molar-refractivity contribution in [1.29, 1.82) is 0 Å². The van der Waals surface area contributed by atoms with Gasteiger partial charge in [0.1, 0.15) is 11.6 Å². The number of ether oxygens (including phenoxy) is 1. The van der Waals surface area contributed by atoms with E-state index >= 15 is 0 Å². The minimum atomic E-state index is -0.492. The largest absolute Gasteiger partial charge is 0.370 e. The molecule has 0 radical (unpaired) electrons. The highest BCUT2D eigenvalue weighted by molar-refractivity contribution is 7.10. The SMILES string of the molecule is CCC(C)(OC)c1noc(C2NCCc3sccc32)n1. The molecule has 0 saturated heterocycles. The minimum Gasteiger partial charge on any atom is -0.370 e. The van der Waals surface area contributed by atoms with Gasteiger partial charge in [-0.3, -0.25) is 0 Å². The summed E-state index contributed by atoms with van der Waals surface area (Å²) >= 11 is 1.79. The maximum Gasteiger partial charge on any atom is 0.248 e. The molecule has 1 aliphatic rings. The summed E-state index contributed by atoms with van der Waals surface area (Å²) in [5.74, 6) is 1.23. The molecule has 6 heteroatoms. The molecule has 0 fully saturated rings. The Kier molecular flexibility index (Phi) is 3.62. The Morgan fingerprint density at radius 1 is 1.60 bits per heavy atom. The minimum absolute atomic E-state index is 0.00390. The molecule has 20 heavy (non-hydrogen) atoms. The molecule has 108 valence electrons. The second kappa shape index (κ2) is 5.27. The molecule has 0 bridgehead atoms. The van der Waals surface area contributed by atoms with Crippen LogP contribution in [0, 0.1) is 0 Å². The van der Waals surface area contributed by atoms with Crippen LogP contribution in [-0.2, 0) is 16.8 Å². The van der Waals surface area contributed by atoms with E-state index in [1.165, 1.54) is 10.4 Å². The van der Waals surface area contributed by atoms with E-state index in [0.29, 0.717) is 11.7 Å². The van der Waals surface area contributed by atoms with Crippen molar-refractivity contribution in [3.63, 3.8) is 0 Å². The van der Waals surface area contributed by atoms with Crippen LogP contribution >= 0.6 is 11.3 Å². The van der Waals surface area contributed by atoms with Gasteiger partial charge in [0.15, 0.2) is 0 Å². The van der Waals surface area contributed by atoms with E-state index in [0.717, 1.165) is 19.4 Å². The van der Waals surface area contributed by atoms with Crippen molar-refractivity contribution in [3.05, 3.63) is 33.6 Å². The van der Waals surface area contributed by atoms with Crippen LogP contribution in [0.1, 0.15) is 48.5 Å². The molecule has 1 aliphatic heterocycles. The van der Waals surface area contributed by atoms with Crippen LogP contribution in [0.4, 0.5) is 0 Å². The van der Waals surface area contributed by atoms with E-state index in [1.54, 1.807) is 18.4 Å². The summed E-state index contributed by atoms with van der Waals surface area (Å²) in [5.41, 5.74) is 0.764. The van der Waals surface area contributed by atoms with E-state index in [1.807, 2.05) is 6.92 Å². The standard InChI is InChI=1S/C14H19N3O2S/c1-4-14(2,18-3)13-16-12(19-17-13)11-9-6-8-20-10(9)5-7-15-11/h6,8,11,15H,4-5,7H2,1-3H3. The van der Waals surface area contributed by atoms with E-state index < -0.39 is 5.60 Å². The van der Waals surface area contributed by atoms with Gasteiger partial charge in [0.2, 0.25) is 11.7 Å². The predicted molar refractivity (Wildman–Crippen MR) is 76.8 cm³/mol. The molecule has 5 nitrogen and oxygen atoms in total. The third-order valence-corrected chi connectivity index (χ3v) is 5.07. The van der Waals surface area contributed by atoms with Gasteiger partial charge in [-0.1, -0.05) is 12.1 Å². The molecule has 0 aromatic carbocycles. The number of nitrogens with one attached hydrogen (secondary N) is 1. The average Bonchev–Trinajstić information content (AvgIpc) is 3.14. The fourth-order valence-corrected chi connectivity index (χ4v) is 3.35. The lowest BCUT2D eigenvalue weighted by molar-refractivity contribution is -0.0106. The predicted octanol–water partition coefficient (Wildman–Crippen LogP) is 2.64. The van der Waals surface area contributed by atoms with Crippen LogP contribution in [0.15, 0.2) is 16.0 Å². The smallest absolute Gasteiger partial charge is 0.248 e. The summed E-state index contributed by atoms with van der Waals surface area (Å²) in [5, 5.41) is 9.68. The van der Waals surface area contributed by atoms with Crippen LogP contribution in [0.25, 0.3) is 0 Å². The molecule has 3 heterocycles. The zero-order valence-electron chi connectivity index (χ0n) is 12.0. The molecule has 0 aliphatic carbocycles. The lowest BCUT2D eigenvalue weighted by atomic mass is 10.0. The highest BCUT2D eigenvalue weighted by Gasteiger charge is 2.33. The van der Waals surface area contributed by atoms with Gasteiger partial charge in [-0.2, -0.15) is 4.98 Å². The molecule has 0 saturated carbocycles. The number of fused-ring (bicyclic) bond motifs is 1. The van der Waals surface area contributed by atoms with Crippen LogP contribution < -0.4 is 5.32 Å². The number of nitrogens with zero attached hydrogens (tertiary/aromatic N) is 2. The molecular formula is C14H19N3O2S. The van der Waals surface area contributed by atoms with Crippen LogP contribution in [0.5, 0.6) is 0 Å². The van der Waals surface area contributed by atoms with Gasteiger partial charge in [-0.25, -0.2) is 0 Å². The maximum atomic E-state index is 5.52. The summed E-state index contributed by atoms with van der Waals surface area (Å²) in [6, 6.07) is 2.14. The maximum absolute atomic E-state index is 5.52. The molecule has 1 N–H and O–H groups in total. The summed E-state index contributed by atoms with van der Waals surface area (Å²) in [7, 11) is 1.68. The Morgan fingerprint density at radius 2 is 2.45 bits per heavy atom. The van der Waals surface area contributed by atoms with Crippen molar-refractivity contribution < 1.29 is 9.26 Å². The molecule has 2 aromatic rings. The van der Waals surface area contributed by atoms with Crippen LogP contribution in [0.2, 0.25) is 0 Å². The van der Waals surface area contributed by atoms with Gasteiger partial charge in [0, 0.05) is 18.5 Å². The summed E-state index contributed by atoms with van der Waals surface area (Å²) in [6.45, 7) is 4.96. The fraction of sp³-hybridized carbons (Fsp3) is 0.571. The van der Waals surface area contributed by atoms with Crippen molar-refractivity contribution in [2.75, 3.05) is 13.7 Å². The Labute approximate surface area is 122 Å². The van der Waals surface area contributed by atoms with Gasteiger partial charge < -0.3 is 14.6 Å². The zero-order chi connectivity index (χ0) is 14.2. The van der Waals surface area contributed by atoms with Crippen molar-refractivity contribution >= 4 is 11.3 Å². The second-order valence-corrected chi connectivity index (χ2v) is 6.18.